The van der Waals surface area contributed by atoms with Crippen LogP contribution in [0.25, 0.3) is 0 Å². The lowest BCUT2D eigenvalue weighted by atomic mass is 10.0. The molecule has 2 aliphatic heterocycles. The number of aryl methyl sites for hydroxylation is 1. The second-order valence-electron chi connectivity index (χ2n) is 5.96. The lowest BCUT2D eigenvalue weighted by Crippen LogP contribution is -2.28. The summed E-state index contributed by atoms with van der Waals surface area (Å²) >= 11 is 0. The monoisotopic (exact) mass is 273 g/mol. The van der Waals surface area contributed by atoms with Gasteiger partial charge in [0.1, 0.15) is 5.82 Å². The summed E-state index contributed by atoms with van der Waals surface area (Å²) < 4.78 is 0. The van der Waals surface area contributed by atoms with Crippen LogP contribution in [0.3, 0.4) is 0 Å². The summed E-state index contributed by atoms with van der Waals surface area (Å²) in [6.07, 6.45) is 6.68. The quantitative estimate of drug-likeness (QED) is 0.831. The van der Waals surface area contributed by atoms with Crippen molar-refractivity contribution in [3.05, 3.63) is 23.4 Å². The Morgan fingerprint density at radius 3 is 2.65 bits per heavy atom. The minimum Gasteiger partial charge on any atom is -0.357 e. The molecule has 0 N–H and O–H groups in total. The van der Waals surface area contributed by atoms with Gasteiger partial charge >= 0.3 is 0 Å². The molecule has 2 aliphatic rings. The fourth-order valence-corrected chi connectivity index (χ4v) is 3.49. The van der Waals surface area contributed by atoms with Gasteiger partial charge in [0.2, 0.25) is 5.91 Å². The molecule has 108 valence electrons. The van der Waals surface area contributed by atoms with E-state index in [1.807, 2.05) is 11.1 Å². The van der Waals surface area contributed by atoms with Gasteiger partial charge in [-0.1, -0.05) is 0 Å². The predicted octanol–water partition coefficient (Wildman–Crippen LogP) is 2.67. The average Bonchev–Trinajstić information content (AvgIpc) is 3.10. The summed E-state index contributed by atoms with van der Waals surface area (Å²) in [5.74, 6) is 1.27. The highest BCUT2D eigenvalue weighted by atomic mass is 16.2. The maximum Gasteiger partial charge on any atom is 0.219 e. The van der Waals surface area contributed by atoms with Crippen LogP contribution in [0.1, 0.15) is 49.8 Å². The Morgan fingerprint density at radius 2 is 2.00 bits per heavy atom. The third-order valence-corrected chi connectivity index (χ3v) is 4.58. The van der Waals surface area contributed by atoms with E-state index in [4.69, 9.17) is 0 Å². The molecule has 0 spiro atoms. The van der Waals surface area contributed by atoms with Crippen LogP contribution in [0, 0.1) is 6.92 Å². The summed E-state index contributed by atoms with van der Waals surface area (Å²) in [6.45, 7) is 6.93. The SMILES string of the molecule is CC(=O)N1CCC[C@H]1c1cnc(N2CCCC2)cc1C. The standard InChI is InChI=1S/C16H23N3O/c1-12-10-16(18-7-3-4-8-18)17-11-14(12)15-6-5-9-19(15)13(2)20/h10-11,15H,3-9H2,1-2H3/t15-/m0/s1. The first-order valence-corrected chi connectivity index (χ1v) is 7.65. The number of pyridine rings is 1. The highest BCUT2D eigenvalue weighted by Crippen LogP contribution is 2.34. The van der Waals surface area contributed by atoms with E-state index >= 15 is 0 Å². The van der Waals surface area contributed by atoms with Crippen molar-refractivity contribution in [2.75, 3.05) is 24.5 Å². The van der Waals surface area contributed by atoms with Crippen LogP contribution in [0.15, 0.2) is 12.3 Å². The topological polar surface area (TPSA) is 36.4 Å². The number of amides is 1. The first-order chi connectivity index (χ1) is 9.66. The van der Waals surface area contributed by atoms with Gasteiger partial charge in [0.25, 0.3) is 0 Å². The number of hydrogen-bond donors (Lipinski definition) is 0. The summed E-state index contributed by atoms with van der Waals surface area (Å²) in [7, 11) is 0. The van der Waals surface area contributed by atoms with Gasteiger partial charge < -0.3 is 9.80 Å². The van der Waals surface area contributed by atoms with E-state index in [0.29, 0.717) is 0 Å². The van der Waals surface area contributed by atoms with Crippen molar-refractivity contribution in [2.45, 2.75) is 45.6 Å². The first kappa shape index (κ1) is 13.4. The number of aromatic nitrogens is 1. The average molecular weight is 273 g/mol. The van der Waals surface area contributed by atoms with Gasteiger partial charge in [-0.3, -0.25) is 4.79 Å². The molecule has 1 aromatic heterocycles. The van der Waals surface area contributed by atoms with Crippen molar-refractivity contribution in [1.82, 2.24) is 9.88 Å². The number of carbonyl (C=O) groups excluding carboxylic acids is 1. The van der Waals surface area contributed by atoms with Crippen LogP contribution in [0.5, 0.6) is 0 Å². The second kappa shape index (κ2) is 5.43. The minimum absolute atomic E-state index is 0.176. The zero-order valence-electron chi connectivity index (χ0n) is 12.4. The Morgan fingerprint density at radius 1 is 1.25 bits per heavy atom. The normalized spacial score (nSPS) is 22.6. The molecule has 0 radical (unpaired) electrons. The summed E-state index contributed by atoms with van der Waals surface area (Å²) in [6, 6.07) is 2.42. The smallest absolute Gasteiger partial charge is 0.219 e. The molecular weight excluding hydrogens is 250 g/mol. The van der Waals surface area contributed by atoms with Crippen molar-refractivity contribution in [1.29, 1.82) is 0 Å². The van der Waals surface area contributed by atoms with Crippen molar-refractivity contribution < 1.29 is 4.79 Å². The van der Waals surface area contributed by atoms with Crippen LogP contribution < -0.4 is 4.90 Å². The van der Waals surface area contributed by atoms with Gasteiger partial charge in [0, 0.05) is 32.8 Å². The Labute approximate surface area is 120 Å². The van der Waals surface area contributed by atoms with E-state index in [9.17, 15) is 4.79 Å². The zero-order valence-corrected chi connectivity index (χ0v) is 12.4. The third kappa shape index (κ3) is 2.39. The van der Waals surface area contributed by atoms with Crippen LogP contribution in [0.2, 0.25) is 0 Å². The van der Waals surface area contributed by atoms with E-state index in [1.165, 1.54) is 24.0 Å². The van der Waals surface area contributed by atoms with E-state index in [-0.39, 0.29) is 11.9 Å². The van der Waals surface area contributed by atoms with Crippen LogP contribution >= 0.6 is 0 Å². The second-order valence-corrected chi connectivity index (χ2v) is 5.96. The molecule has 1 amide bonds. The summed E-state index contributed by atoms with van der Waals surface area (Å²) in [4.78, 5) is 20.7. The van der Waals surface area contributed by atoms with Crippen LogP contribution in [-0.2, 0) is 4.79 Å². The zero-order chi connectivity index (χ0) is 14.1. The van der Waals surface area contributed by atoms with Crippen LogP contribution in [-0.4, -0.2) is 35.4 Å². The molecule has 4 heteroatoms. The maximum absolute atomic E-state index is 11.7. The molecule has 2 fully saturated rings. The maximum atomic E-state index is 11.7. The predicted molar refractivity (Wildman–Crippen MR) is 79.8 cm³/mol. The lowest BCUT2D eigenvalue weighted by molar-refractivity contribution is -0.129. The Balaban J connectivity index is 1.85. The molecule has 1 aromatic rings. The van der Waals surface area contributed by atoms with E-state index in [1.54, 1.807) is 6.92 Å². The number of hydrogen-bond acceptors (Lipinski definition) is 3. The molecule has 0 aliphatic carbocycles. The first-order valence-electron chi connectivity index (χ1n) is 7.65. The van der Waals surface area contributed by atoms with Crippen molar-refractivity contribution >= 4 is 11.7 Å². The third-order valence-electron chi connectivity index (χ3n) is 4.58. The number of likely N-dealkylation sites (tertiary alicyclic amines) is 1. The van der Waals surface area contributed by atoms with Crippen molar-refractivity contribution in [3.63, 3.8) is 0 Å². The van der Waals surface area contributed by atoms with Crippen molar-refractivity contribution in [2.24, 2.45) is 0 Å². The molecule has 3 heterocycles. The Bertz CT molecular complexity index is 508. The summed E-state index contributed by atoms with van der Waals surface area (Å²) in [5.41, 5.74) is 2.49. The van der Waals surface area contributed by atoms with Gasteiger partial charge in [0.05, 0.1) is 6.04 Å². The van der Waals surface area contributed by atoms with Gasteiger partial charge in [-0.25, -0.2) is 4.98 Å². The minimum atomic E-state index is 0.176. The Hall–Kier alpha value is -1.58. The number of anilines is 1. The fraction of sp³-hybridized carbons (Fsp3) is 0.625. The van der Waals surface area contributed by atoms with E-state index in [2.05, 4.69) is 22.9 Å². The summed E-state index contributed by atoms with van der Waals surface area (Å²) in [5, 5.41) is 0. The highest BCUT2D eigenvalue weighted by molar-refractivity contribution is 5.74. The largest absolute Gasteiger partial charge is 0.357 e. The van der Waals surface area contributed by atoms with E-state index in [0.717, 1.165) is 38.3 Å². The Kier molecular flexibility index (Phi) is 3.64. The molecular formula is C16H23N3O. The number of carbonyl (C=O) groups is 1. The van der Waals surface area contributed by atoms with Crippen LogP contribution in [0.4, 0.5) is 5.82 Å². The molecule has 1 atom stereocenters. The molecule has 3 rings (SSSR count). The van der Waals surface area contributed by atoms with Gasteiger partial charge in [-0.2, -0.15) is 0 Å². The van der Waals surface area contributed by atoms with E-state index < -0.39 is 0 Å². The lowest BCUT2D eigenvalue weighted by Gasteiger charge is -2.26. The van der Waals surface area contributed by atoms with Gasteiger partial charge in [-0.05, 0) is 49.8 Å². The van der Waals surface area contributed by atoms with Gasteiger partial charge in [-0.15, -0.1) is 0 Å². The molecule has 2 saturated heterocycles. The van der Waals surface area contributed by atoms with Crippen molar-refractivity contribution in [3.8, 4) is 0 Å². The molecule has 0 bridgehead atoms. The molecule has 0 saturated carbocycles. The molecule has 0 unspecified atom stereocenters. The fourth-order valence-electron chi connectivity index (χ4n) is 3.49. The molecule has 20 heavy (non-hydrogen) atoms. The molecule has 4 nitrogen and oxygen atoms in total. The number of nitrogens with zero attached hydrogens (tertiary/aromatic N) is 3. The number of rotatable bonds is 2. The van der Waals surface area contributed by atoms with Gasteiger partial charge in [0.15, 0.2) is 0 Å². The molecule has 0 aromatic carbocycles. The highest BCUT2D eigenvalue weighted by Gasteiger charge is 2.29.